The lowest BCUT2D eigenvalue weighted by Crippen LogP contribution is -2.30. The molecule has 0 aromatic heterocycles. The Balaban J connectivity index is 2.62. The van der Waals surface area contributed by atoms with Gasteiger partial charge in [-0.2, -0.15) is 8.78 Å². The van der Waals surface area contributed by atoms with E-state index in [0.29, 0.717) is 30.3 Å². The summed E-state index contributed by atoms with van der Waals surface area (Å²) in [5.74, 6) is 0.135. The van der Waals surface area contributed by atoms with E-state index < -0.39 is 6.61 Å². The predicted octanol–water partition coefficient (Wildman–Crippen LogP) is 3.46. The minimum absolute atomic E-state index is 0.110. The summed E-state index contributed by atoms with van der Waals surface area (Å²) in [5, 5.41) is 3.65. The van der Waals surface area contributed by atoms with E-state index in [-0.39, 0.29) is 11.8 Å². The zero-order chi connectivity index (χ0) is 14.3. The van der Waals surface area contributed by atoms with Crippen molar-refractivity contribution in [3.8, 4) is 5.75 Å². The van der Waals surface area contributed by atoms with Crippen molar-refractivity contribution >= 4 is 11.6 Å². The van der Waals surface area contributed by atoms with Gasteiger partial charge in [-0.25, -0.2) is 0 Å². The number of nitrogens with one attached hydrogen (secondary N) is 1. The first-order chi connectivity index (χ1) is 9.02. The summed E-state index contributed by atoms with van der Waals surface area (Å²) >= 11 is 5.86. The first-order valence-electron chi connectivity index (χ1n) is 6.07. The molecule has 0 aliphatic heterocycles. The summed E-state index contributed by atoms with van der Waals surface area (Å²) in [4.78, 5) is 0. The first kappa shape index (κ1) is 16.1. The zero-order valence-electron chi connectivity index (χ0n) is 11.0. The molecule has 3 nitrogen and oxygen atoms in total. The first-order valence-corrected chi connectivity index (χ1v) is 6.45. The molecule has 6 heteroatoms. The highest BCUT2D eigenvalue weighted by atomic mass is 35.5. The zero-order valence-corrected chi connectivity index (χ0v) is 11.7. The van der Waals surface area contributed by atoms with E-state index >= 15 is 0 Å². The maximum absolute atomic E-state index is 12.3. The normalized spacial score (nSPS) is 12.7. The Morgan fingerprint density at radius 1 is 1.37 bits per heavy atom. The summed E-state index contributed by atoms with van der Waals surface area (Å²) in [5.41, 5.74) is 0.594. The summed E-state index contributed by atoms with van der Waals surface area (Å²) in [7, 11) is 0. The average molecular weight is 294 g/mol. The van der Waals surface area contributed by atoms with Crippen LogP contribution in [-0.4, -0.2) is 25.9 Å². The van der Waals surface area contributed by atoms with Crippen LogP contribution in [0.5, 0.6) is 5.75 Å². The van der Waals surface area contributed by atoms with Gasteiger partial charge in [0.15, 0.2) is 0 Å². The Morgan fingerprint density at radius 3 is 2.74 bits per heavy atom. The van der Waals surface area contributed by atoms with E-state index in [9.17, 15) is 8.78 Å². The van der Waals surface area contributed by atoms with Crippen molar-refractivity contribution in [2.45, 2.75) is 33.0 Å². The van der Waals surface area contributed by atoms with Crippen molar-refractivity contribution in [2.24, 2.45) is 0 Å². The minimum atomic E-state index is -2.85. The van der Waals surface area contributed by atoms with Gasteiger partial charge >= 0.3 is 6.61 Å². The van der Waals surface area contributed by atoms with Crippen molar-refractivity contribution < 1.29 is 18.3 Å². The summed E-state index contributed by atoms with van der Waals surface area (Å²) in [6.07, 6.45) is 0. The highest BCUT2D eigenvalue weighted by Crippen LogP contribution is 2.24. The number of hydrogen-bond acceptors (Lipinski definition) is 3. The van der Waals surface area contributed by atoms with Crippen LogP contribution >= 0.6 is 11.6 Å². The number of hydrogen-bond donors (Lipinski definition) is 1. The molecule has 1 atom stereocenters. The smallest absolute Gasteiger partial charge is 0.387 e. The van der Waals surface area contributed by atoms with Crippen LogP contribution in [0.2, 0.25) is 5.02 Å². The van der Waals surface area contributed by atoms with Crippen LogP contribution in [-0.2, 0) is 11.3 Å². The largest absolute Gasteiger partial charge is 0.434 e. The van der Waals surface area contributed by atoms with Gasteiger partial charge in [0.25, 0.3) is 0 Å². The van der Waals surface area contributed by atoms with Gasteiger partial charge in [-0.1, -0.05) is 11.6 Å². The molecule has 108 valence electrons. The molecule has 1 aromatic rings. The fraction of sp³-hybridized carbons (Fsp3) is 0.538. The lowest BCUT2D eigenvalue weighted by molar-refractivity contribution is -0.0505. The predicted molar refractivity (Wildman–Crippen MR) is 70.9 cm³/mol. The van der Waals surface area contributed by atoms with Crippen LogP contribution in [0.25, 0.3) is 0 Å². The second-order valence-electron chi connectivity index (χ2n) is 4.07. The van der Waals surface area contributed by atoms with Crippen molar-refractivity contribution in [3.63, 3.8) is 0 Å². The molecule has 0 saturated carbocycles. The van der Waals surface area contributed by atoms with Gasteiger partial charge in [-0.15, -0.1) is 0 Å². The molecule has 0 bridgehead atoms. The Labute approximate surface area is 116 Å². The third kappa shape index (κ3) is 6.18. The molecule has 0 heterocycles. The van der Waals surface area contributed by atoms with E-state index in [4.69, 9.17) is 16.3 Å². The van der Waals surface area contributed by atoms with Crippen LogP contribution < -0.4 is 10.1 Å². The Hall–Kier alpha value is -0.910. The third-order valence-corrected chi connectivity index (χ3v) is 2.69. The molecule has 19 heavy (non-hydrogen) atoms. The number of ether oxygens (including phenoxy) is 2. The molecule has 1 aromatic carbocycles. The highest BCUT2D eigenvalue weighted by Gasteiger charge is 2.11. The fourth-order valence-electron chi connectivity index (χ4n) is 1.53. The maximum Gasteiger partial charge on any atom is 0.387 e. The van der Waals surface area contributed by atoms with Gasteiger partial charge in [0.05, 0.1) is 6.61 Å². The van der Waals surface area contributed by atoms with Crippen molar-refractivity contribution in [2.75, 3.05) is 13.2 Å². The molecule has 0 amide bonds. The molecule has 0 fully saturated rings. The molecule has 0 aliphatic rings. The van der Waals surface area contributed by atoms with Gasteiger partial charge in [-0.3, -0.25) is 0 Å². The van der Waals surface area contributed by atoms with Crippen LogP contribution in [0.1, 0.15) is 19.4 Å². The number of rotatable bonds is 8. The van der Waals surface area contributed by atoms with Gasteiger partial charge < -0.3 is 14.8 Å². The Morgan fingerprint density at radius 2 is 2.11 bits per heavy atom. The van der Waals surface area contributed by atoms with Gasteiger partial charge in [0, 0.05) is 29.8 Å². The van der Waals surface area contributed by atoms with Crippen LogP contribution in [0.4, 0.5) is 8.78 Å². The SMILES string of the molecule is CCOCC(C)NCc1cc(Cl)ccc1OC(F)F. The van der Waals surface area contributed by atoms with E-state index in [2.05, 4.69) is 10.1 Å². The van der Waals surface area contributed by atoms with Crippen molar-refractivity contribution in [3.05, 3.63) is 28.8 Å². The van der Waals surface area contributed by atoms with E-state index in [1.165, 1.54) is 12.1 Å². The van der Waals surface area contributed by atoms with E-state index in [1.807, 2.05) is 13.8 Å². The van der Waals surface area contributed by atoms with E-state index in [1.54, 1.807) is 6.07 Å². The van der Waals surface area contributed by atoms with Crippen molar-refractivity contribution in [1.29, 1.82) is 0 Å². The number of benzene rings is 1. The second kappa shape index (κ2) is 8.30. The fourth-order valence-corrected chi connectivity index (χ4v) is 1.73. The summed E-state index contributed by atoms with van der Waals surface area (Å²) in [6.45, 7) is 2.61. The lowest BCUT2D eigenvalue weighted by atomic mass is 10.2. The number of halogens is 3. The maximum atomic E-state index is 12.3. The Kier molecular flexibility index (Phi) is 7.05. The van der Waals surface area contributed by atoms with Crippen LogP contribution in [0.15, 0.2) is 18.2 Å². The number of alkyl halides is 2. The van der Waals surface area contributed by atoms with Crippen LogP contribution in [0.3, 0.4) is 0 Å². The standard InChI is InChI=1S/C13H18ClF2NO2/c1-3-18-8-9(2)17-7-10-6-11(14)4-5-12(10)19-13(15)16/h4-6,9,13,17H,3,7-8H2,1-2H3. The van der Waals surface area contributed by atoms with E-state index in [0.717, 1.165) is 0 Å². The molecule has 0 saturated heterocycles. The molecule has 1 N–H and O–H groups in total. The monoisotopic (exact) mass is 293 g/mol. The van der Waals surface area contributed by atoms with Gasteiger partial charge in [-0.05, 0) is 32.0 Å². The summed E-state index contributed by atoms with van der Waals surface area (Å²) in [6, 6.07) is 4.68. The van der Waals surface area contributed by atoms with Crippen molar-refractivity contribution in [1.82, 2.24) is 5.32 Å². The quantitative estimate of drug-likeness (QED) is 0.796. The highest BCUT2D eigenvalue weighted by molar-refractivity contribution is 6.30. The minimum Gasteiger partial charge on any atom is -0.434 e. The summed E-state index contributed by atoms with van der Waals surface area (Å²) < 4.78 is 34.3. The van der Waals surface area contributed by atoms with Gasteiger partial charge in [0.2, 0.25) is 0 Å². The molecule has 0 aliphatic carbocycles. The molecular weight excluding hydrogens is 276 g/mol. The van der Waals surface area contributed by atoms with Gasteiger partial charge in [0.1, 0.15) is 5.75 Å². The third-order valence-electron chi connectivity index (χ3n) is 2.45. The Bertz CT molecular complexity index is 391. The molecular formula is C13H18ClF2NO2. The molecule has 1 unspecified atom stereocenters. The molecule has 0 spiro atoms. The topological polar surface area (TPSA) is 30.5 Å². The second-order valence-corrected chi connectivity index (χ2v) is 4.51. The molecule has 1 rings (SSSR count). The molecule has 0 radical (unpaired) electrons. The van der Waals surface area contributed by atoms with Crippen LogP contribution in [0, 0.1) is 0 Å². The lowest BCUT2D eigenvalue weighted by Gasteiger charge is -2.16. The average Bonchev–Trinajstić information content (AvgIpc) is 2.36.